The first-order valence-corrected chi connectivity index (χ1v) is 6.67. The summed E-state index contributed by atoms with van der Waals surface area (Å²) < 4.78 is 1.74. The van der Waals surface area contributed by atoms with Gasteiger partial charge in [-0.25, -0.2) is 9.97 Å². The van der Waals surface area contributed by atoms with Gasteiger partial charge in [0.1, 0.15) is 11.1 Å². The van der Waals surface area contributed by atoms with Gasteiger partial charge >= 0.3 is 5.97 Å². The van der Waals surface area contributed by atoms with Crippen LogP contribution in [0.4, 0.5) is 0 Å². The van der Waals surface area contributed by atoms with Gasteiger partial charge < -0.3 is 9.67 Å². The molecular weight excluding hydrogens is 274 g/mol. The van der Waals surface area contributed by atoms with Gasteiger partial charge in [-0.2, -0.15) is 0 Å². The van der Waals surface area contributed by atoms with Crippen LogP contribution in [0, 0.1) is 0 Å². The molecule has 2 heterocycles. The first kappa shape index (κ1) is 11.7. The standard InChI is InChI=1S/C11H10ClN3O2S/c1-15-7(12)4-13-9(15)10-14-8-5(11(16)17)2-3-6(8)18-10/h4-5H,2-3H2,1H3,(H,16,17). The second-order valence-electron chi connectivity index (χ2n) is 4.22. The zero-order valence-electron chi connectivity index (χ0n) is 9.55. The third-order valence-electron chi connectivity index (χ3n) is 3.14. The molecule has 5 nitrogen and oxygen atoms in total. The Labute approximate surface area is 112 Å². The van der Waals surface area contributed by atoms with E-state index in [2.05, 4.69) is 9.97 Å². The fourth-order valence-electron chi connectivity index (χ4n) is 2.15. The number of rotatable bonds is 2. The maximum Gasteiger partial charge on any atom is 0.312 e. The van der Waals surface area contributed by atoms with Gasteiger partial charge in [-0.1, -0.05) is 11.6 Å². The maximum absolute atomic E-state index is 11.1. The highest BCUT2D eigenvalue weighted by molar-refractivity contribution is 7.15. The second kappa shape index (κ2) is 4.07. The minimum Gasteiger partial charge on any atom is -0.481 e. The van der Waals surface area contributed by atoms with Crippen molar-refractivity contribution in [3.05, 3.63) is 21.9 Å². The number of aromatic nitrogens is 3. The van der Waals surface area contributed by atoms with E-state index in [0.29, 0.717) is 23.1 Å². The number of hydrogen-bond donors (Lipinski definition) is 1. The van der Waals surface area contributed by atoms with Crippen molar-refractivity contribution in [2.45, 2.75) is 18.8 Å². The summed E-state index contributed by atoms with van der Waals surface area (Å²) in [5, 5.41) is 10.4. The molecule has 18 heavy (non-hydrogen) atoms. The first-order valence-electron chi connectivity index (χ1n) is 5.48. The average Bonchev–Trinajstić information content (AvgIpc) is 2.94. The van der Waals surface area contributed by atoms with Gasteiger partial charge in [0.15, 0.2) is 10.8 Å². The highest BCUT2D eigenvalue weighted by atomic mass is 35.5. The Bertz CT molecular complexity index is 634. The number of halogens is 1. The van der Waals surface area contributed by atoms with E-state index in [4.69, 9.17) is 16.7 Å². The van der Waals surface area contributed by atoms with Crippen molar-refractivity contribution in [2.75, 3.05) is 0 Å². The molecule has 0 amide bonds. The van der Waals surface area contributed by atoms with Crippen LogP contribution in [0.5, 0.6) is 0 Å². The molecule has 0 fully saturated rings. The summed E-state index contributed by atoms with van der Waals surface area (Å²) in [7, 11) is 1.81. The van der Waals surface area contributed by atoms with Crippen LogP contribution in [0.3, 0.4) is 0 Å². The van der Waals surface area contributed by atoms with Crippen LogP contribution in [0.1, 0.15) is 22.9 Å². The lowest BCUT2D eigenvalue weighted by molar-refractivity contribution is -0.138. The molecule has 1 N–H and O–H groups in total. The Morgan fingerprint density at radius 2 is 2.44 bits per heavy atom. The van der Waals surface area contributed by atoms with Crippen LogP contribution in [0.15, 0.2) is 6.20 Å². The fraction of sp³-hybridized carbons (Fsp3) is 0.364. The lowest BCUT2D eigenvalue weighted by Gasteiger charge is -2.01. The Kier molecular flexibility index (Phi) is 2.64. The summed E-state index contributed by atoms with van der Waals surface area (Å²) in [5.74, 6) is -0.590. The molecule has 7 heteroatoms. The zero-order valence-corrected chi connectivity index (χ0v) is 11.1. The van der Waals surface area contributed by atoms with Crippen molar-refractivity contribution < 1.29 is 9.90 Å². The van der Waals surface area contributed by atoms with Crippen molar-refractivity contribution in [2.24, 2.45) is 7.05 Å². The Hall–Kier alpha value is -1.40. The quantitative estimate of drug-likeness (QED) is 0.918. The predicted molar refractivity (Wildman–Crippen MR) is 68.0 cm³/mol. The van der Waals surface area contributed by atoms with Gasteiger partial charge in [0.05, 0.1) is 11.9 Å². The number of carbonyl (C=O) groups is 1. The summed E-state index contributed by atoms with van der Waals surface area (Å²) in [4.78, 5) is 20.8. The summed E-state index contributed by atoms with van der Waals surface area (Å²) >= 11 is 7.44. The number of aryl methyl sites for hydroxylation is 1. The summed E-state index contributed by atoms with van der Waals surface area (Å²) in [6.45, 7) is 0. The molecule has 3 rings (SSSR count). The molecule has 2 aromatic heterocycles. The van der Waals surface area contributed by atoms with Gasteiger partial charge in [-0.15, -0.1) is 11.3 Å². The molecule has 0 saturated carbocycles. The normalized spacial score (nSPS) is 18.0. The van der Waals surface area contributed by atoms with Crippen molar-refractivity contribution >= 4 is 28.9 Å². The van der Waals surface area contributed by atoms with Gasteiger partial charge in [-0.05, 0) is 12.8 Å². The van der Waals surface area contributed by atoms with Crippen LogP contribution < -0.4 is 0 Å². The smallest absolute Gasteiger partial charge is 0.312 e. The van der Waals surface area contributed by atoms with E-state index in [-0.39, 0.29) is 0 Å². The lowest BCUT2D eigenvalue weighted by Crippen LogP contribution is -2.08. The van der Waals surface area contributed by atoms with E-state index >= 15 is 0 Å². The Balaban J connectivity index is 2.05. The molecule has 0 spiro atoms. The molecule has 1 aliphatic carbocycles. The molecule has 94 valence electrons. The number of thiazole rings is 1. The minimum atomic E-state index is -0.802. The van der Waals surface area contributed by atoms with Crippen LogP contribution in [0.2, 0.25) is 5.15 Å². The summed E-state index contributed by atoms with van der Waals surface area (Å²) in [6, 6.07) is 0. The fourth-order valence-corrected chi connectivity index (χ4v) is 3.45. The molecule has 1 unspecified atom stereocenters. The van der Waals surface area contributed by atoms with Crippen molar-refractivity contribution in [1.82, 2.24) is 14.5 Å². The molecule has 1 atom stereocenters. The van der Waals surface area contributed by atoms with Crippen LogP contribution >= 0.6 is 22.9 Å². The molecule has 0 aliphatic heterocycles. The van der Waals surface area contributed by atoms with Crippen molar-refractivity contribution in [1.29, 1.82) is 0 Å². The number of nitrogens with zero attached hydrogens (tertiary/aromatic N) is 3. The van der Waals surface area contributed by atoms with Crippen LogP contribution in [0.25, 0.3) is 10.8 Å². The molecule has 0 saturated heterocycles. The maximum atomic E-state index is 11.1. The number of carboxylic acids is 1. The first-order chi connectivity index (χ1) is 8.58. The largest absolute Gasteiger partial charge is 0.481 e. The third-order valence-corrected chi connectivity index (χ3v) is 4.62. The van der Waals surface area contributed by atoms with Crippen LogP contribution in [-0.2, 0) is 18.3 Å². The highest BCUT2D eigenvalue weighted by Gasteiger charge is 2.33. The highest BCUT2D eigenvalue weighted by Crippen LogP contribution is 2.39. The van der Waals surface area contributed by atoms with Gasteiger partial charge in [-0.3, -0.25) is 4.79 Å². The van der Waals surface area contributed by atoms with Crippen molar-refractivity contribution in [3.63, 3.8) is 0 Å². The van der Waals surface area contributed by atoms with E-state index in [1.54, 1.807) is 10.8 Å². The average molecular weight is 284 g/mol. The minimum absolute atomic E-state index is 0.472. The third kappa shape index (κ3) is 1.64. The Morgan fingerprint density at radius 3 is 3.06 bits per heavy atom. The van der Waals surface area contributed by atoms with Gasteiger partial charge in [0.25, 0.3) is 0 Å². The molecule has 1 aliphatic rings. The predicted octanol–water partition coefficient (Wildman–Crippen LogP) is 2.31. The number of imidazole rings is 1. The van der Waals surface area contributed by atoms with E-state index in [1.807, 2.05) is 7.05 Å². The summed E-state index contributed by atoms with van der Waals surface area (Å²) in [5.41, 5.74) is 0.696. The SMILES string of the molecule is Cn1c(Cl)cnc1-c1nc2c(s1)CCC2C(=O)O. The lowest BCUT2D eigenvalue weighted by atomic mass is 10.1. The van der Waals surface area contributed by atoms with Gasteiger partial charge in [0, 0.05) is 11.9 Å². The monoisotopic (exact) mass is 283 g/mol. The molecular formula is C11H10ClN3O2S. The number of carboxylic acid groups (broad SMARTS) is 1. The van der Waals surface area contributed by atoms with E-state index in [9.17, 15) is 4.79 Å². The Morgan fingerprint density at radius 1 is 1.67 bits per heavy atom. The molecule has 2 aromatic rings. The van der Waals surface area contributed by atoms with E-state index in [1.165, 1.54) is 11.3 Å². The molecule has 0 bridgehead atoms. The summed E-state index contributed by atoms with van der Waals surface area (Å²) in [6.07, 6.45) is 2.99. The zero-order chi connectivity index (χ0) is 12.9. The molecule has 0 radical (unpaired) electrons. The van der Waals surface area contributed by atoms with Crippen molar-refractivity contribution in [3.8, 4) is 10.8 Å². The topological polar surface area (TPSA) is 68.0 Å². The van der Waals surface area contributed by atoms with E-state index in [0.717, 1.165) is 16.3 Å². The molecule has 0 aromatic carbocycles. The van der Waals surface area contributed by atoms with E-state index < -0.39 is 11.9 Å². The number of fused-ring (bicyclic) bond motifs is 1. The second-order valence-corrected chi connectivity index (χ2v) is 5.69. The van der Waals surface area contributed by atoms with Gasteiger partial charge in [0.2, 0.25) is 0 Å². The number of aliphatic carboxylic acids is 1. The number of hydrogen-bond acceptors (Lipinski definition) is 4. The van der Waals surface area contributed by atoms with Crippen LogP contribution in [-0.4, -0.2) is 25.6 Å².